The zero-order valence-corrected chi connectivity index (χ0v) is 15.6. The average Bonchev–Trinajstić information content (AvgIpc) is 2.59. The molecule has 2 aromatic rings. The second-order valence-electron chi connectivity index (χ2n) is 6.77. The lowest BCUT2D eigenvalue weighted by atomic mass is 10.0. The molecule has 5 heteroatoms. The molecular weight excluding hydrogens is 333 g/mol. The number of aliphatic hydroxyl groups excluding tert-OH is 1. The van der Waals surface area contributed by atoms with Crippen LogP contribution in [0.25, 0.3) is 0 Å². The summed E-state index contributed by atoms with van der Waals surface area (Å²) in [7, 11) is 0. The fourth-order valence-electron chi connectivity index (χ4n) is 2.61. The Morgan fingerprint density at radius 3 is 2.42 bits per heavy atom. The summed E-state index contributed by atoms with van der Waals surface area (Å²) >= 11 is 0. The number of nitrogens with one attached hydrogen (secondary N) is 1. The minimum Gasteiger partial charge on any atom is -0.481 e. The molecule has 0 saturated carbocycles. The second-order valence-corrected chi connectivity index (χ2v) is 6.77. The number of halogens is 1. The third-order valence-electron chi connectivity index (χ3n) is 4.19. The monoisotopic (exact) mass is 359 g/mol. The van der Waals surface area contributed by atoms with E-state index in [0.29, 0.717) is 11.3 Å². The van der Waals surface area contributed by atoms with Gasteiger partial charge in [0.2, 0.25) is 0 Å². The van der Waals surface area contributed by atoms with Crippen LogP contribution >= 0.6 is 0 Å². The Balaban J connectivity index is 1.95. The predicted octanol–water partition coefficient (Wildman–Crippen LogP) is 3.87. The summed E-state index contributed by atoms with van der Waals surface area (Å²) < 4.78 is 18.8. The number of hydrogen-bond acceptors (Lipinski definition) is 3. The molecule has 4 nitrogen and oxygen atoms in total. The first-order valence-electron chi connectivity index (χ1n) is 8.76. The van der Waals surface area contributed by atoms with E-state index < -0.39 is 12.2 Å². The standard InChI is InChI=1S/C21H26FNO3/c1-13(2)18-10-5-14(3)11-20(18)26-15(4)21(25)23-12-19(24)16-6-8-17(22)9-7-16/h5-11,13,15,19,24H,12H2,1-4H3,(H,23,25). The maximum atomic E-state index is 12.9. The molecular formula is C21H26FNO3. The van der Waals surface area contributed by atoms with Crippen LogP contribution in [0.1, 0.15) is 49.5 Å². The van der Waals surface area contributed by atoms with Gasteiger partial charge in [-0.05, 0) is 54.7 Å². The quantitative estimate of drug-likeness (QED) is 0.789. The highest BCUT2D eigenvalue weighted by Crippen LogP contribution is 2.28. The van der Waals surface area contributed by atoms with E-state index in [2.05, 4.69) is 19.2 Å². The number of aliphatic hydroxyl groups is 1. The summed E-state index contributed by atoms with van der Waals surface area (Å²) in [6.45, 7) is 7.82. The van der Waals surface area contributed by atoms with E-state index in [1.165, 1.54) is 24.3 Å². The molecule has 0 bridgehead atoms. The van der Waals surface area contributed by atoms with Gasteiger partial charge in [0.25, 0.3) is 5.91 Å². The van der Waals surface area contributed by atoms with Crippen molar-refractivity contribution in [3.8, 4) is 5.75 Å². The Hall–Kier alpha value is -2.40. The van der Waals surface area contributed by atoms with E-state index in [4.69, 9.17) is 4.74 Å². The van der Waals surface area contributed by atoms with Gasteiger partial charge in [-0.2, -0.15) is 0 Å². The van der Waals surface area contributed by atoms with Crippen molar-refractivity contribution in [2.75, 3.05) is 6.54 Å². The van der Waals surface area contributed by atoms with Crippen molar-refractivity contribution in [1.82, 2.24) is 5.32 Å². The minimum absolute atomic E-state index is 0.0308. The molecule has 2 aromatic carbocycles. The van der Waals surface area contributed by atoms with E-state index >= 15 is 0 Å². The molecule has 0 heterocycles. The molecule has 0 aliphatic rings. The van der Waals surface area contributed by atoms with Gasteiger partial charge in [0.15, 0.2) is 6.10 Å². The maximum absolute atomic E-state index is 12.9. The van der Waals surface area contributed by atoms with Gasteiger partial charge in [-0.25, -0.2) is 4.39 Å². The highest BCUT2D eigenvalue weighted by molar-refractivity contribution is 5.80. The largest absolute Gasteiger partial charge is 0.481 e. The van der Waals surface area contributed by atoms with Gasteiger partial charge < -0.3 is 15.2 Å². The fraction of sp³-hybridized carbons (Fsp3) is 0.381. The number of carbonyl (C=O) groups excluding carboxylic acids is 1. The van der Waals surface area contributed by atoms with Gasteiger partial charge in [-0.15, -0.1) is 0 Å². The van der Waals surface area contributed by atoms with Crippen LogP contribution in [0.15, 0.2) is 42.5 Å². The molecule has 2 unspecified atom stereocenters. The normalized spacial score (nSPS) is 13.3. The molecule has 26 heavy (non-hydrogen) atoms. The number of amides is 1. The van der Waals surface area contributed by atoms with Crippen molar-refractivity contribution in [3.63, 3.8) is 0 Å². The molecule has 0 radical (unpaired) electrons. The van der Waals surface area contributed by atoms with Gasteiger partial charge >= 0.3 is 0 Å². The van der Waals surface area contributed by atoms with E-state index in [1.807, 2.05) is 25.1 Å². The minimum atomic E-state index is -0.906. The number of ether oxygens (including phenoxy) is 1. The molecule has 0 fully saturated rings. The lowest BCUT2D eigenvalue weighted by molar-refractivity contribution is -0.127. The Morgan fingerprint density at radius 2 is 1.81 bits per heavy atom. The van der Waals surface area contributed by atoms with Crippen molar-refractivity contribution in [3.05, 3.63) is 65.0 Å². The highest BCUT2D eigenvalue weighted by Gasteiger charge is 2.19. The second kappa shape index (κ2) is 8.81. The Kier molecular flexibility index (Phi) is 6.75. The van der Waals surface area contributed by atoms with Crippen molar-refractivity contribution in [2.24, 2.45) is 0 Å². The number of rotatable bonds is 7. The zero-order chi connectivity index (χ0) is 19.3. The smallest absolute Gasteiger partial charge is 0.260 e. The number of benzene rings is 2. The fourth-order valence-corrected chi connectivity index (χ4v) is 2.61. The Bertz CT molecular complexity index is 743. The van der Waals surface area contributed by atoms with Gasteiger partial charge in [0.05, 0.1) is 6.10 Å². The molecule has 0 aromatic heterocycles. The molecule has 0 aliphatic heterocycles. The summed E-state index contributed by atoms with van der Waals surface area (Å²) in [5.41, 5.74) is 2.64. The van der Waals surface area contributed by atoms with Crippen LogP contribution in [0.5, 0.6) is 5.75 Å². The number of hydrogen-bond donors (Lipinski definition) is 2. The van der Waals surface area contributed by atoms with Crippen molar-refractivity contribution < 1.29 is 19.0 Å². The SMILES string of the molecule is Cc1ccc(C(C)C)c(OC(C)C(=O)NCC(O)c2ccc(F)cc2)c1. The van der Waals surface area contributed by atoms with E-state index in [-0.39, 0.29) is 24.2 Å². The molecule has 0 spiro atoms. The third kappa shape index (κ3) is 5.30. The molecule has 1 amide bonds. The van der Waals surface area contributed by atoms with Gasteiger partial charge in [0, 0.05) is 6.54 Å². The molecule has 2 atom stereocenters. The van der Waals surface area contributed by atoms with Gasteiger partial charge in [-0.3, -0.25) is 4.79 Å². The lowest BCUT2D eigenvalue weighted by Crippen LogP contribution is -2.38. The van der Waals surface area contributed by atoms with E-state index in [0.717, 1.165) is 11.1 Å². The highest BCUT2D eigenvalue weighted by atomic mass is 19.1. The average molecular weight is 359 g/mol. The van der Waals surface area contributed by atoms with Crippen LogP contribution < -0.4 is 10.1 Å². The van der Waals surface area contributed by atoms with Crippen molar-refractivity contribution in [2.45, 2.75) is 45.8 Å². The predicted molar refractivity (Wildman–Crippen MR) is 99.7 cm³/mol. The first kappa shape index (κ1) is 19.9. The first-order chi connectivity index (χ1) is 12.3. The zero-order valence-electron chi connectivity index (χ0n) is 15.6. The number of aryl methyl sites for hydroxylation is 1. The van der Waals surface area contributed by atoms with Crippen LogP contribution in [0.2, 0.25) is 0 Å². The topological polar surface area (TPSA) is 58.6 Å². The van der Waals surface area contributed by atoms with Crippen molar-refractivity contribution in [1.29, 1.82) is 0 Å². The Morgan fingerprint density at radius 1 is 1.15 bits per heavy atom. The lowest BCUT2D eigenvalue weighted by Gasteiger charge is -2.20. The summed E-state index contributed by atoms with van der Waals surface area (Å²) in [6, 6.07) is 11.5. The summed E-state index contributed by atoms with van der Waals surface area (Å²) in [5.74, 6) is 0.288. The molecule has 140 valence electrons. The maximum Gasteiger partial charge on any atom is 0.260 e. The summed E-state index contributed by atoms with van der Waals surface area (Å²) in [6.07, 6.45) is -1.60. The van der Waals surface area contributed by atoms with E-state index in [9.17, 15) is 14.3 Å². The summed E-state index contributed by atoms with van der Waals surface area (Å²) in [5, 5.41) is 12.8. The molecule has 2 N–H and O–H groups in total. The van der Waals surface area contributed by atoms with Crippen molar-refractivity contribution >= 4 is 5.91 Å². The van der Waals surface area contributed by atoms with Gasteiger partial charge in [-0.1, -0.05) is 38.1 Å². The van der Waals surface area contributed by atoms with Crippen LogP contribution in [0.3, 0.4) is 0 Å². The third-order valence-corrected chi connectivity index (χ3v) is 4.19. The van der Waals surface area contributed by atoms with Crippen LogP contribution in [0.4, 0.5) is 4.39 Å². The molecule has 0 saturated heterocycles. The summed E-state index contributed by atoms with van der Waals surface area (Å²) in [4.78, 5) is 12.3. The van der Waals surface area contributed by atoms with Crippen LogP contribution in [-0.2, 0) is 4.79 Å². The molecule has 2 rings (SSSR count). The van der Waals surface area contributed by atoms with Gasteiger partial charge in [0.1, 0.15) is 11.6 Å². The first-order valence-corrected chi connectivity index (χ1v) is 8.76. The number of carbonyl (C=O) groups is 1. The Labute approximate surface area is 154 Å². The van der Waals surface area contributed by atoms with E-state index in [1.54, 1.807) is 6.92 Å². The van der Waals surface area contributed by atoms with Crippen LogP contribution in [-0.4, -0.2) is 23.7 Å². The molecule has 0 aliphatic carbocycles. The van der Waals surface area contributed by atoms with Crippen LogP contribution in [0, 0.1) is 12.7 Å².